The highest BCUT2D eigenvalue weighted by Crippen LogP contribution is 2.08. The van der Waals surface area contributed by atoms with Crippen molar-refractivity contribution in [1.82, 2.24) is 0 Å². The molecular formula is C13H18O4Si. The van der Waals surface area contributed by atoms with E-state index in [1.807, 2.05) is 30.3 Å². The van der Waals surface area contributed by atoms with Gasteiger partial charge in [0.05, 0.1) is 0 Å². The predicted octanol–water partition coefficient (Wildman–Crippen LogP) is 1.29. The summed E-state index contributed by atoms with van der Waals surface area (Å²) in [6.45, 7) is 5.14. The van der Waals surface area contributed by atoms with E-state index >= 15 is 0 Å². The molecule has 1 aromatic rings. The summed E-state index contributed by atoms with van der Waals surface area (Å²) in [6, 6.07) is 9.53. The van der Waals surface area contributed by atoms with Crippen LogP contribution in [0.15, 0.2) is 42.5 Å². The Labute approximate surface area is 108 Å². The molecule has 18 heavy (non-hydrogen) atoms. The minimum atomic E-state index is -2.71. The summed E-state index contributed by atoms with van der Waals surface area (Å²) in [6.07, 6.45) is 0.107. The zero-order valence-corrected chi connectivity index (χ0v) is 11.9. The summed E-state index contributed by atoms with van der Waals surface area (Å²) in [7, 11) is 0.421. The number of carbonyl (C=O) groups excluding carboxylic acids is 1. The Morgan fingerprint density at radius 2 is 1.78 bits per heavy atom. The van der Waals surface area contributed by atoms with Gasteiger partial charge in [-0.2, -0.15) is 0 Å². The molecule has 0 radical (unpaired) electrons. The first-order valence-electron chi connectivity index (χ1n) is 5.54. The zero-order chi connectivity index (χ0) is 13.6. The Hall–Kier alpha value is -1.43. The number of hydrogen-bond acceptors (Lipinski definition) is 4. The van der Waals surface area contributed by atoms with Crippen molar-refractivity contribution in [2.75, 3.05) is 20.4 Å². The van der Waals surface area contributed by atoms with Gasteiger partial charge in [-0.05, 0) is 12.1 Å². The van der Waals surface area contributed by atoms with Gasteiger partial charge in [-0.3, -0.25) is 0 Å². The molecule has 98 valence electrons. The average Bonchev–Trinajstić information content (AvgIpc) is 2.41. The number of benzene rings is 1. The van der Waals surface area contributed by atoms with Crippen LogP contribution < -0.4 is 5.19 Å². The van der Waals surface area contributed by atoms with Gasteiger partial charge < -0.3 is 13.6 Å². The molecule has 0 aliphatic heterocycles. The second kappa shape index (κ2) is 6.49. The fourth-order valence-electron chi connectivity index (χ4n) is 1.50. The van der Waals surface area contributed by atoms with Crippen LogP contribution in [0.3, 0.4) is 0 Å². The monoisotopic (exact) mass is 266 g/mol. The maximum absolute atomic E-state index is 11.4. The molecule has 1 aromatic carbocycles. The third kappa shape index (κ3) is 3.29. The van der Waals surface area contributed by atoms with Gasteiger partial charge in [0.1, 0.15) is 6.23 Å². The molecule has 0 amide bonds. The highest BCUT2D eigenvalue weighted by molar-refractivity contribution is 6.81. The lowest BCUT2D eigenvalue weighted by Crippen LogP contribution is -2.57. The van der Waals surface area contributed by atoms with Gasteiger partial charge in [-0.15, -0.1) is 0 Å². The second-order valence-electron chi connectivity index (χ2n) is 3.88. The Bertz CT molecular complexity index is 412. The van der Waals surface area contributed by atoms with Crippen LogP contribution in [0.5, 0.6) is 0 Å². The molecule has 0 bridgehead atoms. The van der Waals surface area contributed by atoms with Crippen molar-refractivity contribution in [2.45, 2.75) is 6.92 Å². The van der Waals surface area contributed by atoms with Crippen LogP contribution in [-0.2, 0) is 18.4 Å². The molecule has 0 aliphatic rings. The Morgan fingerprint density at radius 1 is 1.22 bits per heavy atom. The molecular weight excluding hydrogens is 248 g/mol. The Balaban J connectivity index is 2.88. The standard InChI is InChI=1S/C13H18O4Si/c1-11(2)13(14)17-10-18(15-3,16-4)12-8-6-5-7-9-12/h5-9H,1,10H2,2-4H3. The summed E-state index contributed by atoms with van der Waals surface area (Å²) < 4.78 is 16.2. The van der Waals surface area contributed by atoms with E-state index in [0.29, 0.717) is 5.57 Å². The van der Waals surface area contributed by atoms with E-state index < -0.39 is 14.5 Å². The van der Waals surface area contributed by atoms with E-state index in [1.165, 1.54) is 0 Å². The first-order valence-corrected chi connectivity index (χ1v) is 7.56. The van der Waals surface area contributed by atoms with Crippen molar-refractivity contribution in [3.05, 3.63) is 42.5 Å². The molecule has 0 fully saturated rings. The first kappa shape index (κ1) is 14.6. The third-order valence-corrected chi connectivity index (χ3v) is 5.67. The van der Waals surface area contributed by atoms with Crippen LogP contribution in [0.4, 0.5) is 0 Å². The third-order valence-electron chi connectivity index (χ3n) is 2.61. The normalized spacial score (nSPS) is 11.1. The summed E-state index contributed by atoms with van der Waals surface area (Å²) in [5.41, 5.74) is 0.359. The zero-order valence-electron chi connectivity index (χ0n) is 10.9. The van der Waals surface area contributed by atoms with Gasteiger partial charge in [0.15, 0.2) is 0 Å². The van der Waals surface area contributed by atoms with Gasteiger partial charge in [-0.25, -0.2) is 4.79 Å². The van der Waals surface area contributed by atoms with Crippen molar-refractivity contribution in [2.24, 2.45) is 0 Å². The summed E-state index contributed by atoms with van der Waals surface area (Å²) in [4.78, 5) is 11.4. The summed E-state index contributed by atoms with van der Waals surface area (Å²) in [5.74, 6) is -0.433. The molecule has 1 rings (SSSR count). The molecule has 0 spiro atoms. The van der Waals surface area contributed by atoms with Gasteiger partial charge in [0, 0.05) is 19.8 Å². The van der Waals surface area contributed by atoms with Crippen molar-refractivity contribution in [3.63, 3.8) is 0 Å². The van der Waals surface area contributed by atoms with Crippen molar-refractivity contribution < 1.29 is 18.4 Å². The maximum atomic E-state index is 11.4. The van der Waals surface area contributed by atoms with Gasteiger partial charge in [0.2, 0.25) is 0 Å². The number of rotatable bonds is 6. The highest BCUT2D eigenvalue weighted by Gasteiger charge is 2.40. The van der Waals surface area contributed by atoms with E-state index in [9.17, 15) is 4.79 Å². The quantitative estimate of drug-likeness (QED) is 0.442. The predicted molar refractivity (Wildman–Crippen MR) is 71.6 cm³/mol. The van der Waals surface area contributed by atoms with E-state index in [-0.39, 0.29) is 6.23 Å². The largest absolute Gasteiger partial charge is 0.460 e. The van der Waals surface area contributed by atoms with E-state index in [0.717, 1.165) is 5.19 Å². The molecule has 0 heterocycles. The van der Waals surface area contributed by atoms with Crippen molar-refractivity contribution >= 4 is 19.7 Å². The minimum Gasteiger partial charge on any atom is -0.460 e. The number of ether oxygens (including phenoxy) is 1. The average molecular weight is 266 g/mol. The van der Waals surface area contributed by atoms with Crippen LogP contribution in [0.2, 0.25) is 0 Å². The first-order chi connectivity index (χ1) is 8.55. The van der Waals surface area contributed by atoms with E-state index in [2.05, 4.69) is 6.58 Å². The summed E-state index contributed by atoms with van der Waals surface area (Å²) >= 11 is 0. The molecule has 0 N–H and O–H groups in total. The van der Waals surface area contributed by atoms with Crippen LogP contribution in [0, 0.1) is 0 Å². The molecule has 0 saturated heterocycles. The molecule has 0 aromatic heterocycles. The van der Waals surface area contributed by atoms with Gasteiger partial charge in [-0.1, -0.05) is 36.9 Å². The fourth-order valence-corrected chi connectivity index (χ4v) is 3.56. The van der Waals surface area contributed by atoms with Crippen LogP contribution >= 0.6 is 0 Å². The van der Waals surface area contributed by atoms with Crippen LogP contribution in [-0.4, -0.2) is 35.0 Å². The Morgan fingerprint density at radius 3 is 2.22 bits per heavy atom. The topological polar surface area (TPSA) is 44.8 Å². The molecule has 0 aliphatic carbocycles. The van der Waals surface area contributed by atoms with E-state index in [4.69, 9.17) is 13.6 Å². The SMILES string of the molecule is C=C(C)C(=O)OC[Si](OC)(OC)c1ccccc1. The lowest BCUT2D eigenvalue weighted by atomic mass is 10.4. The lowest BCUT2D eigenvalue weighted by molar-refractivity contribution is -0.137. The fraction of sp³-hybridized carbons (Fsp3) is 0.308. The molecule has 0 saturated carbocycles. The van der Waals surface area contributed by atoms with Gasteiger partial charge in [0.25, 0.3) is 0 Å². The van der Waals surface area contributed by atoms with Crippen molar-refractivity contribution in [1.29, 1.82) is 0 Å². The Kier molecular flexibility index (Phi) is 5.27. The minimum absolute atomic E-state index is 0.107. The molecule has 5 heteroatoms. The number of hydrogen-bond donors (Lipinski definition) is 0. The highest BCUT2D eigenvalue weighted by atomic mass is 28.4. The van der Waals surface area contributed by atoms with Crippen LogP contribution in [0.1, 0.15) is 6.92 Å². The number of carbonyl (C=O) groups is 1. The molecule has 0 unspecified atom stereocenters. The van der Waals surface area contributed by atoms with Crippen LogP contribution in [0.25, 0.3) is 0 Å². The maximum Gasteiger partial charge on any atom is 0.411 e. The smallest absolute Gasteiger partial charge is 0.411 e. The van der Waals surface area contributed by atoms with Gasteiger partial charge >= 0.3 is 14.5 Å². The second-order valence-corrected chi connectivity index (χ2v) is 7.07. The van der Waals surface area contributed by atoms with E-state index in [1.54, 1.807) is 21.1 Å². The molecule has 4 nitrogen and oxygen atoms in total. The number of esters is 1. The molecule has 0 atom stereocenters. The van der Waals surface area contributed by atoms with Crippen molar-refractivity contribution in [3.8, 4) is 0 Å². The summed E-state index contributed by atoms with van der Waals surface area (Å²) in [5, 5.41) is 0.921. The lowest BCUT2D eigenvalue weighted by Gasteiger charge is -2.27.